The number of hydrogen-bond donors (Lipinski definition) is 2. The van der Waals surface area contributed by atoms with Gasteiger partial charge in [0.15, 0.2) is 5.78 Å². The van der Waals surface area contributed by atoms with Crippen LogP contribution in [-0.2, 0) is 0 Å². The van der Waals surface area contributed by atoms with Crippen molar-refractivity contribution in [3.05, 3.63) is 53.9 Å². The van der Waals surface area contributed by atoms with Crippen LogP contribution < -0.4 is 10.6 Å². The highest BCUT2D eigenvalue weighted by molar-refractivity contribution is 6.04. The van der Waals surface area contributed by atoms with Crippen molar-refractivity contribution in [2.75, 3.05) is 17.2 Å². The summed E-state index contributed by atoms with van der Waals surface area (Å²) >= 11 is 0. The number of anilines is 2. The highest BCUT2D eigenvalue weighted by Gasteiger charge is 2.09. The van der Waals surface area contributed by atoms with E-state index in [0.717, 1.165) is 18.7 Å². The van der Waals surface area contributed by atoms with E-state index in [2.05, 4.69) is 29.5 Å². The van der Waals surface area contributed by atoms with Crippen molar-refractivity contribution >= 4 is 23.1 Å². The number of ketones is 1. The van der Waals surface area contributed by atoms with Crippen LogP contribution in [0.15, 0.2) is 42.6 Å². The molecule has 126 valence electrons. The van der Waals surface area contributed by atoms with E-state index in [4.69, 9.17) is 0 Å². The lowest BCUT2D eigenvalue weighted by atomic mass is 10.1. The summed E-state index contributed by atoms with van der Waals surface area (Å²) in [7, 11) is 0. The topological polar surface area (TPSA) is 71.1 Å². The molecule has 2 aromatic rings. The Morgan fingerprint density at radius 1 is 1.12 bits per heavy atom. The van der Waals surface area contributed by atoms with Crippen molar-refractivity contribution in [1.82, 2.24) is 4.98 Å². The van der Waals surface area contributed by atoms with Crippen molar-refractivity contribution in [2.45, 2.75) is 27.2 Å². The summed E-state index contributed by atoms with van der Waals surface area (Å²) in [6.45, 7) is 6.68. The number of benzene rings is 1. The average Bonchev–Trinajstić information content (AvgIpc) is 2.55. The van der Waals surface area contributed by atoms with Gasteiger partial charge in [-0.3, -0.25) is 14.6 Å². The zero-order valence-corrected chi connectivity index (χ0v) is 14.3. The minimum absolute atomic E-state index is 0.0411. The highest BCUT2D eigenvalue weighted by atomic mass is 16.2. The van der Waals surface area contributed by atoms with Crippen LogP contribution in [0.5, 0.6) is 0 Å². The Kier molecular flexibility index (Phi) is 6.07. The number of nitrogens with zero attached hydrogens (tertiary/aromatic N) is 1. The first-order valence-corrected chi connectivity index (χ1v) is 8.08. The SMILES string of the molecule is CC(=O)c1cccc(NC(=O)c2cc(NCCC(C)C)ccn2)c1. The third-order valence-electron chi connectivity index (χ3n) is 3.57. The number of carbonyl (C=O) groups is 2. The molecule has 1 heterocycles. The van der Waals surface area contributed by atoms with Gasteiger partial charge in [0, 0.05) is 29.7 Å². The van der Waals surface area contributed by atoms with Gasteiger partial charge in [0.05, 0.1) is 0 Å². The van der Waals surface area contributed by atoms with Gasteiger partial charge in [-0.1, -0.05) is 26.0 Å². The van der Waals surface area contributed by atoms with E-state index in [1.54, 1.807) is 36.5 Å². The zero-order valence-electron chi connectivity index (χ0n) is 14.3. The Bertz CT molecular complexity index is 726. The average molecular weight is 325 g/mol. The van der Waals surface area contributed by atoms with Crippen LogP contribution in [0.3, 0.4) is 0 Å². The normalized spacial score (nSPS) is 10.5. The number of aromatic nitrogens is 1. The summed E-state index contributed by atoms with van der Waals surface area (Å²) in [5, 5.41) is 6.07. The van der Waals surface area contributed by atoms with Gasteiger partial charge in [-0.2, -0.15) is 0 Å². The Balaban J connectivity index is 2.04. The molecule has 1 aromatic heterocycles. The largest absolute Gasteiger partial charge is 0.385 e. The molecule has 1 amide bonds. The molecule has 5 heteroatoms. The van der Waals surface area contributed by atoms with E-state index in [9.17, 15) is 9.59 Å². The monoisotopic (exact) mass is 325 g/mol. The molecule has 0 bridgehead atoms. The Labute approximate surface area is 142 Å². The number of Topliss-reactive ketones (excluding diaryl/α,β-unsaturated/α-hetero) is 1. The predicted octanol–water partition coefficient (Wildman–Crippen LogP) is 3.99. The number of nitrogens with one attached hydrogen (secondary N) is 2. The third kappa shape index (κ3) is 5.19. The molecule has 2 N–H and O–H groups in total. The van der Waals surface area contributed by atoms with Crippen LogP contribution in [0.2, 0.25) is 0 Å². The highest BCUT2D eigenvalue weighted by Crippen LogP contribution is 2.14. The van der Waals surface area contributed by atoms with Crippen molar-refractivity contribution in [2.24, 2.45) is 5.92 Å². The van der Waals surface area contributed by atoms with E-state index in [0.29, 0.717) is 22.9 Å². The summed E-state index contributed by atoms with van der Waals surface area (Å²) in [4.78, 5) is 27.9. The lowest BCUT2D eigenvalue weighted by Crippen LogP contribution is -2.14. The number of pyridine rings is 1. The van der Waals surface area contributed by atoms with E-state index >= 15 is 0 Å². The molecule has 5 nitrogen and oxygen atoms in total. The summed E-state index contributed by atoms with van der Waals surface area (Å²) in [6.07, 6.45) is 2.67. The molecule has 2 rings (SSSR count). The van der Waals surface area contributed by atoms with E-state index in [-0.39, 0.29) is 11.7 Å². The van der Waals surface area contributed by atoms with Crippen molar-refractivity contribution in [1.29, 1.82) is 0 Å². The molecule has 0 radical (unpaired) electrons. The summed E-state index contributed by atoms with van der Waals surface area (Å²) in [6, 6.07) is 10.4. The Morgan fingerprint density at radius 2 is 1.92 bits per heavy atom. The van der Waals surface area contributed by atoms with Crippen LogP contribution in [0, 0.1) is 5.92 Å². The second-order valence-electron chi connectivity index (χ2n) is 6.13. The first-order chi connectivity index (χ1) is 11.5. The molecule has 0 saturated carbocycles. The quantitative estimate of drug-likeness (QED) is 0.755. The number of hydrogen-bond acceptors (Lipinski definition) is 4. The van der Waals surface area contributed by atoms with Crippen LogP contribution in [-0.4, -0.2) is 23.2 Å². The number of carbonyl (C=O) groups excluding carboxylic acids is 2. The molecular weight excluding hydrogens is 302 g/mol. The van der Waals surface area contributed by atoms with Gasteiger partial charge in [0.25, 0.3) is 5.91 Å². The molecule has 0 saturated heterocycles. The van der Waals surface area contributed by atoms with Crippen LogP contribution in [0.1, 0.15) is 48.0 Å². The fraction of sp³-hybridized carbons (Fsp3) is 0.316. The summed E-state index contributed by atoms with van der Waals surface area (Å²) in [5.41, 5.74) is 2.34. The standard InChI is InChI=1S/C19H23N3O2/c1-13(2)7-9-20-16-8-10-21-18(12-16)19(24)22-17-6-4-5-15(11-17)14(3)23/h4-6,8,10-13H,7,9H2,1-3H3,(H,20,21)(H,22,24). The molecular formula is C19H23N3O2. The zero-order chi connectivity index (χ0) is 17.5. The van der Waals surface area contributed by atoms with Gasteiger partial charge < -0.3 is 10.6 Å². The number of amides is 1. The van der Waals surface area contributed by atoms with Gasteiger partial charge in [-0.05, 0) is 43.5 Å². The maximum Gasteiger partial charge on any atom is 0.274 e. The van der Waals surface area contributed by atoms with Crippen molar-refractivity contribution in [3.8, 4) is 0 Å². The summed E-state index contributed by atoms with van der Waals surface area (Å²) in [5.74, 6) is 0.277. The van der Waals surface area contributed by atoms with Crippen LogP contribution >= 0.6 is 0 Å². The molecule has 24 heavy (non-hydrogen) atoms. The van der Waals surface area contributed by atoms with Gasteiger partial charge >= 0.3 is 0 Å². The lowest BCUT2D eigenvalue weighted by Gasteiger charge is -2.10. The molecule has 0 aliphatic rings. The van der Waals surface area contributed by atoms with Crippen LogP contribution in [0.25, 0.3) is 0 Å². The third-order valence-corrected chi connectivity index (χ3v) is 3.57. The van der Waals surface area contributed by atoms with Gasteiger partial charge in [0.2, 0.25) is 0 Å². The molecule has 0 aliphatic heterocycles. The molecule has 0 unspecified atom stereocenters. The maximum atomic E-state index is 12.3. The second-order valence-corrected chi connectivity index (χ2v) is 6.13. The van der Waals surface area contributed by atoms with Crippen molar-refractivity contribution in [3.63, 3.8) is 0 Å². The predicted molar refractivity (Wildman–Crippen MR) is 96.6 cm³/mol. The molecule has 0 spiro atoms. The molecule has 0 aliphatic carbocycles. The molecule has 0 fully saturated rings. The molecule has 1 aromatic carbocycles. The first kappa shape index (κ1) is 17.7. The van der Waals surface area contributed by atoms with Crippen molar-refractivity contribution < 1.29 is 9.59 Å². The Hall–Kier alpha value is -2.69. The fourth-order valence-corrected chi connectivity index (χ4v) is 2.18. The summed E-state index contributed by atoms with van der Waals surface area (Å²) < 4.78 is 0. The van der Waals surface area contributed by atoms with Gasteiger partial charge in [-0.15, -0.1) is 0 Å². The van der Waals surface area contributed by atoms with E-state index in [1.807, 2.05) is 6.07 Å². The van der Waals surface area contributed by atoms with E-state index in [1.165, 1.54) is 6.92 Å². The second kappa shape index (κ2) is 8.24. The lowest BCUT2D eigenvalue weighted by molar-refractivity contribution is 0.100. The van der Waals surface area contributed by atoms with Gasteiger partial charge in [0.1, 0.15) is 5.69 Å². The maximum absolute atomic E-state index is 12.3. The minimum atomic E-state index is -0.303. The first-order valence-electron chi connectivity index (χ1n) is 8.08. The van der Waals surface area contributed by atoms with E-state index < -0.39 is 0 Å². The molecule has 0 atom stereocenters. The Morgan fingerprint density at radius 3 is 2.62 bits per heavy atom. The fourth-order valence-electron chi connectivity index (χ4n) is 2.18. The minimum Gasteiger partial charge on any atom is -0.385 e. The van der Waals surface area contributed by atoms with Crippen LogP contribution in [0.4, 0.5) is 11.4 Å². The smallest absolute Gasteiger partial charge is 0.274 e. The van der Waals surface area contributed by atoms with Gasteiger partial charge in [-0.25, -0.2) is 0 Å². The number of rotatable bonds is 7.